The first-order valence-corrected chi connectivity index (χ1v) is 7.05. The molecule has 0 aliphatic carbocycles. The smallest absolute Gasteiger partial charge is 0.313 e. The monoisotopic (exact) mass is 286 g/mol. The molecule has 1 aromatic heterocycles. The molecule has 0 aliphatic heterocycles. The molecule has 0 spiro atoms. The van der Waals surface area contributed by atoms with Gasteiger partial charge >= 0.3 is 5.97 Å². The van der Waals surface area contributed by atoms with Crippen LogP contribution in [-0.2, 0) is 16.0 Å². The summed E-state index contributed by atoms with van der Waals surface area (Å²) in [6.07, 6.45) is 0.629. The summed E-state index contributed by atoms with van der Waals surface area (Å²) in [6, 6.07) is -0.457. The van der Waals surface area contributed by atoms with Gasteiger partial charge in [0.05, 0.1) is 5.75 Å². The standard InChI is InChI=1S/C11H18N4O3S/c1-4-8-13-14-11(19-6-9(16)17)15(8)7(3)10(18)12-5-2/h7H,4-6H2,1-3H3,(H,12,18)(H,16,17). The number of amides is 1. The van der Waals surface area contributed by atoms with Crippen LogP contribution in [-0.4, -0.2) is 44.0 Å². The van der Waals surface area contributed by atoms with Crippen molar-refractivity contribution in [1.82, 2.24) is 20.1 Å². The van der Waals surface area contributed by atoms with Crippen molar-refractivity contribution in [2.24, 2.45) is 0 Å². The Morgan fingerprint density at radius 2 is 2.11 bits per heavy atom. The number of hydrogen-bond acceptors (Lipinski definition) is 5. The molecule has 8 heteroatoms. The summed E-state index contributed by atoms with van der Waals surface area (Å²) in [7, 11) is 0. The zero-order valence-corrected chi connectivity index (χ0v) is 12.0. The lowest BCUT2D eigenvalue weighted by Gasteiger charge is -2.16. The number of carbonyl (C=O) groups excluding carboxylic acids is 1. The Bertz CT molecular complexity index is 461. The summed E-state index contributed by atoms with van der Waals surface area (Å²) < 4.78 is 1.69. The number of nitrogens with zero attached hydrogens (tertiary/aromatic N) is 3. The van der Waals surface area contributed by atoms with E-state index in [9.17, 15) is 9.59 Å². The second kappa shape index (κ2) is 7.13. The normalized spacial score (nSPS) is 12.2. The molecule has 106 valence electrons. The lowest BCUT2D eigenvalue weighted by atomic mass is 10.3. The fourth-order valence-corrected chi connectivity index (χ4v) is 2.36. The first-order chi connectivity index (χ1) is 9.01. The minimum absolute atomic E-state index is 0.107. The van der Waals surface area contributed by atoms with E-state index < -0.39 is 12.0 Å². The van der Waals surface area contributed by atoms with Gasteiger partial charge in [0.25, 0.3) is 0 Å². The van der Waals surface area contributed by atoms with Crippen molar-refractivity contribution in [2.75, 3.05) is 12.3 Å². The molecule has 1 atom stereocenters. The Hall–Kier alpha value is -1.57. The number of aromatic nitrogens is 3. The van der Waals surface area contributed by atoms with Crippen LogP contribution in [0.4, 0.5) is 0 Å². The number of thioether (sulfide) groups is 1. The maximum atomic E-state index is 11.9. The maximum Gasteiger partial charge on any atom is 0.313 e. The van der Waals surface area contributed by atoms with E-state index in [0.717, 1.165) is 11.8 Å². The third kappa shape index (κ3) is 3.95. The molecule has 2 N–H and O–H groups in total. The summed E-state index contributed by atoms with van der Waals surface area (Å²) >= 11 is 1.06. The van der Waals surface area contributed by atoms with E-state index in [1.54, 1.807) is 11.5 Å². The summed E-state index contributed by atoms with van der Waals surface area (Å²) in [5.41, 5.74) is 0. The fourth-order valence-electron chi connectivity index (χ4n) is 1.60. The van der Waals surface area contributed by atoms with Gasteiger partial charge in [-0.15, -0.1) is 10.2 Å². The lowest BCUT2D eigenvalue weighted by Crippen LogP contribution is -2.31. The van der Waals surface area contributed by atoms with Gasteiger partial charge in [0, 0.05) is 13.0 Å². The molecular weight excluding hydrogens is 268 g/mol. The van der Waals surface area contributed by atoms with E-state index in [1.165, 1.54) is 0 Å². The molecule has 0 fully saturated rings. The first kappa shape index (κ1) is 15.5. The van der Waals surface area contributed by atoms with Gasteiger partial charge in [0.15, 0.2) is 5.16 Å². The molecule has 7 nitrogen and oxygen atoms in total. The van der Waals surface area contributed by atoms with E-state index >= 15 is 0 Å². The maximum absolute atomic E-state index is 11.9. The molecule has 0 aromatic carbocycles. The number of aryl methyl sites for hydroxylation is 1. The minimum Gasteiger partial charge on any atom is -0.481 e. The highest BCUT2D eigenvalue weighted by atomic mass is 32.2. The molecule has 1 amide bonds. The van der Waals surface area contributed by atoms with Gasteiger partial charge < -0.3 is 10.4 Å². The number of carboxylic acid groups (broad SMARTS) is 1. The van der Waals surface area contributed by atoms with Crippen LogP contribution in [0.5, 0.6) is 0 Å². The van der Waals surface area contributed by atoms with Crippen LogP contribution in [0.1, 0.15) is 32.6 Å². The molecule has 1 unspecified atom stereocenters. The van der Waals surface area contributed by atoms with Gasteiger partial charge in [0.1, 0.15) is 11.9 Å². The molecular formula is C11H18N4O3S. The topological polar surface area (TPSA) is 97.1 Å². The Morgan fingerprint density at radius 3 is 2.63 bits per heavy atom. The average Bonchev–Trinajstić information content (AvgIpc) is 2.78. The zero-order chi connectivity index (χ0) is 14.4. The number of aliphatic carboxylic acids is 1. The molecule has 1 rings (SSSR count). The summed E-state index contributed by atoms with van der Waals surface area (Å²) in [6.45, 7) is 6.05. The van der Waals surface area contributed by atoms with E-state index in [0.29, 0.717) is 23.9 Å². The largest absolute Gasteiger partial charge is 0.481 e. The van der Waals surface area contributed by atoms with E-state index in [4.69, 9.17) is 5.11 Å². The Kier molecular flexibility index (Phi) is 5.81. The Labute approximate surface area is 115 Å². The second-order valence-corrected chi connectivity index (χ2v) is 4.82. The SMILES string of the molecule is CCNC(=O)C(C)n1c(CC)nnc1SCC(=O)O. The highest BCUT2D eigenvalue weighted by Crippen LogP contribution is 2.22. The fraction of sp³-hybridized carbons (Fsp3) is 0.636. The van der Waals surface area contributed by atoms with Crippen LogP contribution >= 0.6 is 11.8 Å². The number of likely N-dealkylation sites (N-methyl/N-ethyl adjacent to an activating group) is 1. The van der Waals surface area contributed by atoms with Crippen LogP contribution in [0.2, 0.25) is 0 Å². The van der Waals surface area contributed by atoms with Crippen LogP contribution in [0, 0.1) is 0 Å². The third-order valence-corrected chi connectivity index (χ3v) is 3.42. The van der Waals surface area contributed by atoms with E-state index in [1.807, 2.05) is 13.8 Å². The lowest BCUT2D eigenvalue weighted by molar-refractivity contribution is -0.133. The number of carbonyl (C=O) groups is 2. The molecule has 0 saturated carbocycles. The van der Waals surface area contributed by atoms with Crippen molar-refractivity contribution >= 4 is 23.6 Å². The van der Waals surface area contributed by atoms with Crippen LogP contribution in [0.3, 0.4) is 0 Å². The number of nitrogens with one attached hydrogen (secondary N) is 1. The van der Waals surface area contributed by atoms with E-state index in [2.05, 4.69) is 15.5 Å². The van der Waals surface area contributed by atoms with E-state index in [-0.39, 0.29) is 11.7 Å². The Morgan fingerprint density at radius 1 is 1.42 bits per heavy atom. The van der Waals surface area contributed by atoms with Crippen molar-refractivity contribution in [1.29, 1.82) is 0 Å². The number of rotatable bonds is 7. The molecule has 0 aliphatic rings. The van der Waals surface area contributed by atoms with Crippen LogP contribution < -0.4 is 5.32 Å². The van der Waals surface area contributed by atoms with Crippen molar-refractivity contribution < 1.29 is 14.7 Å². The van der Waals surface area contributed by atoms with Gasteiger partial charge in [-0.3, -0.25) is 14.2 Å². The highest BCUT2D eigenvalue weighted by molar-refractivity contribution is 7.99. The molecule has 1 heterocycles. The van der Waals surface area contributed by atoms with Gasteiger partial charge in [-0.2, -0.15) is 0 Å². The molecule has 0 bridgehead atoms. The number of carboxylic acids is 1. The van der Waals surface area contributed by atoms with Crippen molar-refractivity contribution in [3.8, 4) is 0 Å². The van der Waals surface area contributed by atoms with Crippen LogP contribution in [0.25, 0.3) is 0 Å². The quantitative estimate of drug-likeness (QED) is 0.717. The average molecular weight is 286 g/mol. The molecule has 1 aromatic rings. The summed E-state index contributed by atoms with van der Waals surface area (Å²) in [5, 5.41) is 19.8. The van der Waals surface area contributed by atoms with Gasteiger partial charge in [-0.05, 0) is 13.8 Å². The molecule has 0 radical (unpaired) electrons. The Balaban J connectivity index is 2.97. The van der Waals surface area contributed by atoms with Crippen molar-refractivity contribution in [3.63, 3.8) is 0 Å². The molecule has 19 heavy (non-hydrogen) atoms. The van der Waals surface area contributed by atoms with Crippen LogP contribution in [0.15, 0.2) is 5.16 Å². The predicted octanol–water partition coefficient (Wildman–Crippen LogP) is 0.714. The number of hydrogen-bond donors (Lipinski definition) is 2. The highest BCUT2D eigenvalue weighted by Gasteiger charge is 2.22. The minimum atomic E-state index is -0.928. The van der Waals surface area contributed by atoms with Crippen molar-refractivity contribution in [2.45, 2.75) is 38.4 Å². The summed E-state index contributed by atoms with van der Waals surface area (Å²) in [5.74, 6) is -0.492. The first-order valence-electron chi connectivity index (χ1n) is 6.07. The zero-order valence-electron chi connectivity index (χ0n) is 11.2. The van der Waals surface area contributed by atoms with Crippen molar-refractivity contribution in [3.05, 3.63) is 5.82 Å². The predicted molar refractivity (Wildman–Crippen MR) is 71.2 cm³/mol. The van der Waals surface area contributed by atoms with Gasteiger partial charge in [-0.1, -0.05) is 18.7 Å². The van der Waals surface area contributed by atoms with Gasteiger partial charge in [-0.25, -0.2) is 0 Å². The molecule has 0 saturated heterocycles. The summed E-state index contributed by atoms with van der Waals surface area (Å²) in [4.78, 5) is 22.5. The second-order valence-electron chi connectivity index (χ2n) is 3.88. The van der Waals surface area contributed by atoms with Gasteiger partial charge in [0.2, 0.25) is 5.91 Å². The third-order valence-electron chi connectivity index (χ3n) is 2.49.